The predicted molar refractivity (Wildman–Crippen MR) is 75.0 cm³/mol. The van der Waals surface area contributed by atoms with Gasteiger partial charge in [0.05, 0.1) is 22.9 Å². The minimum Gasteiger partial charge on any atom is -0.476 e. The number of carboxylic acid groups (broad SMARTS) is 1. The van der Waals surface area contributed by atoms with E-state index in [1.807, 2.05) is 5.38 Å². The van der Waals surface area contributed by atoms with Crippen LogP contribution in [0.3, 0.4) is 0 Å². The van der Waals surface area contributed by atoms with Crippen molar-refractivity contribution in [1.82, 2.24) is 20.0 Å². The van der Waals surface area contributed by atoms with Gasteiger partial charge in [0, 0.05) is 17.7 Å². The SMILES string of the molecule is CC(C)c1nc(Cn2nnc(C(=O)O)c2CCN)cs1. The zero-order valence-electron chi connectivity index (χ0n) is 11.4. The lowest BCUT2D eigenvalue weighted by Crippen LogP contribution is -2.14. The average Bonchev–Trinajstić information content (AvgIpc) is 2.98. The molecule has 0 atom stereocenters. The molecule has 0 radical (unpaired) electrons. The normalized spacial score (nSPS) is 11.2. The van der Waals surface area contributed by atoms with Crippen LogP contribution in [-0.2, 0) is 13.0 Å². The Morgan fingerprint density at radius 1 is 1.55 bits per heavy atom. The van der Waals surface area contributed by atoms with E-state index in [0.717, 1.165) is 10.7 Å². The fourth-order valence-electron chi connectivity index (χ4n) is 1.82. The molecule has 8 heteroatoms. The van der Waals surface area contributed by atoms with Crippen molar-refractivity contribution in [2.24, 2.45) is 5.73 Å². The van der Waals surface area contributed by atoms with E-state index in [4.69, 9.17) is 10.8 Å². The number of nitrogens with two attached hydrogens (primary N) is 1. The van der Waals surface area contributed by atoms with E-state index >= 15 is 0 Å². The van der Waals surface area contributed by atoms with Crippen molar-refractivity contribution in [3.8, 4) is 0 Å². The maximum absolute atomic E-state index is 11.1. The molecule has 7 nitrogen and oxygen atoms in total. The van der Waals surface area contributed by atoms with Crippen molar-refractivity contribution >= 4 is 17.3 Å². The lowest BCUT2D eigenvalue weighted by molar-refractivity contribution is 0.0689. The summed E-state index contributed by atoms with van der Waals surface area (Å²) in [5.41, 5.74) is 6.89. The van der Waals surface area contributed by atoms with Crippen LogP contribution in [0.5, 0.6) is 0 Å². The van der Waals surface area contributed by atoms with Crippen LogP contribution in [0.2, 0.25) is 0 Å². The zero-order chi connectivity index (χ0) is 14.7. The molecule has 0 aromatic carbocycles. The Balaban J connectivity index is 2.25. The molecule has 0 aliphatic carbocycles. The van der Waals surface area contributed by atoms with Crippen LogP contribution < -0.4 is 5.73 Å². The highest BCUT2D eigenvalue weighted by Crippen LogP contribution is 2.20. The Morgan fingerprint density at radius 3 is 2.85 bits per heavy atom. The highest BCUT2D eigenvalue weighted by Gasteiger charge is 2.19. The highest BCUT2D eigenvalue weighted by molar-refractivity contribution is 7.09. The van der Waals surface area contributed by atoms with Gasteiger partial charge in [0.15, 0.2) is 5.69 Å². The van der Waals surface area contributed by atoms with Crippen LogP contribution in [0.15, 0.2) is 5.38 Å². The molecule has 2 rings (SSSR count). The van der Waals surface area contributed by atoms with Crippen LogP contribution in [0.25, 0.3) is 0 Å². The predicted octanol–water partition coefficient (Wildman–Crippen LogP) is 1.11. The molecule has 0 amide bonds. The second kappa shape index (κ2) is 6.10. The number of rotatable bonds is 6. The van der Waals surface area contributed by atoms with E-state index in [-0.39, 0.29) is 5.69 Å². The molecule has 2 aromatic heterocycles. The second-order valence-electron chi connectivity index (χ2n) is 4.72. The number of carbonyl (C=O) groups is 1. The molecule has 0 spiro atoms. The highest BCUT2D eigenvalue weighted by atomic mass is 32.1. The molecule has 0 saturated heterocycles. The number of aromatic nitrogens is 4. The number of thiazole rings is 1. The number of hydrogen-bond acceptors (Lipinski definition) is 6. The Morgan fingerprint density at radius 2 is 2.30 bits per heavy atom. The Bertz CT molecular complexity index is 605. The van der Waals surface area contributed by atoms with Gasteiger partial charge in [-0.15, -0.1) is 16.4 Å². The van der Waals surface area contributed by atoms with Gasteiger partial charge in [-0.2, -0.15) is 0 Å². The van der Waals surface area contributed by atoms with Crippen LogP contribution in [0, 0.1) is 0 Å². The van der Waals surface area contributed by atoms with E-state index in [9.17, 15) is 4.79 Å². The molecule has 0 aliphatic heterocycles. The van der Waals surface area contributed by atoms with E-state index in [1.54, 1.807) is 16.0 Å². The molecule has 0 aliphatic rings. The fourth-order valence-corrected chi connectivity index (χ4v) is 2.65. The Kier molecular flexibility index (Phi) is 4.46. The molecule has 0 saturated carbocycles. The topological polar surface area (TPSA) is 107 Å². The number of carboxylic acids is 1. The third-order valence-electron chi connectivity index (χ3n) is 2.80. The van der Waals surface area contributed by atoms with Crippen LogP contribution in [0.4, 0.5) is 0 Å². The van der Waals surface area contributed by atoms with Gasteiger partial charge in [-0.1, -0.05) is 19.1 Å². The van der Waals surface area contributed by atoms with Crippen molar-refractivity contribution < 1.29 is 9.90 Å². The van der Waals surface area contributed by atoms with Gasteiger partial charge < -0.3 is 10.8 Å². The van der Waals surface area contributed by atoms with Crippen LogP contribution >= 0.6 is 11.3 Å². The van der Waals surface area contributed by atoms with Crippen molar-refractivity contribution in [3.63, 3.8) is 0 Å². The Labute approximate surface area is 120 Å². The van der Waals surface area contributed by atoms with Crippen molar-refractivity contribution in [2.75, 3.05) is 6.54 Å². The van der Waals surface area contributed by atoms with Gasteiger partial charge in [0.1, 0.15) is 0 Å². The quantitative estimate of drug-likeness (QED) is 0.826. The van der Waals surface area contributed by atoms with E-state index in [0.29, 0.717) is 31.1 Å². The molecule has 2 aromatic rings. The lowest BCUT2D eigenvalue weighted by atomic mass is 10.2. The van der Waals surface area contributed by atoms with E-state index < -0.39 is 5.97 Å². The maximum Gasteiger partial charge on any atom is 0.358 e. The Hall–Kier alpha value is -1.80. The first-order valence-corrected chi connectivity index (χ1v) is 7.21. The molecular weight excluding hydrogens is 278 g/mol. The molecule has 108 valence electrons. The second-order valence-corrected chi connectivity index (χ2v) is 5.61. The minimum atomic E-state index is -1.08. The number of nitrogens with zero attached hydrogens (tertiary/aromatic N) is 4. The molecule has 0 unspecified atom stereocenters. The summed E-state index contributed by atoms with van der Waals surface area (Å²) in [6, 6.07) is 0. The minimum absolute atomic E-state index is 0.0326. The van der Waals surface area contributed by atoms with Crippen molar-refractivity contribution in [3.05, 3.63) is 27.5 Å². The van der Waals surface area contributed by atoms with E-state index in [1.165, 1.54) is 0 Å². The molecule has 3 N–H and O–H groups in total. The van der Waals surface area contributed by atoms with E-state index in [2.05, 4.69) is 29.1 Å². The smallest absolute Gasteiger partial charge is 0.358 e. The van der Waals surface area contributed by atoms with Gasteiger partial charge in [0.2, 0.25) is 0 Å². The van der Waals surface area contributed by atoms with Crippen molar-refractivity contribution in [2.45, 2.75) is 32.7 Å². The fraction of sp³-hybridized carbons (Fsp3) is 0.500. The summed E-state index contributed by atoms with van der Waals surface area (Å²) in [6.07, 6.45) is 0.426. The summed E-state index contributed by atoms with van der Waals surface area (Å²) in [6.45, 7) is 4.93. The van der Waals surface area contributed by atoms with Gasteiger partial charge in [-0.3, -0.25) is 0 Å². The lowest BCUT2D eigenvalue weighted by Gasteiger charge is -2.04. The first-order chi connectivity index (χ1) is 9.52. The molecule has 20 heavy (non-hydrogen) atoms. The van der Waals surface area contributed by atoms with Crippen molar-refractivity contribution in [1.29, 1.82) is 0 Å². The largest absolute Gasteiger partial charge is 0.476 e. The number of hydrogen-bond donors (Lipinski definition) is 2. The standard InChI is InChI=1S/C12H17N5O2S/c1-7(2)11-14-8(6-20-11)5-17-9(3-4-13)10(12(18)19)15-16-17/h6-7H,3-5,13H2,1-2H3,(H,18,19). The monoisotopic (exact) mass is 295 g/mol. The number of aromatic carboxylic acids is 1. The first-order valence-electron chi connectivity index (χ1n) is 6.33. The van der Waals surface area contributed by atoms with Crippen LogP contribution in [-0.4, -0.2) is 37.6 Å². The third kappa shape index (κ3) is 3.02. The van der Waals surface area contributed by atoms with Gasteiger partial charge in [-0.25, -0.2) is 14.5 Å². The summed E-state index contributed by atoms with van der Waals surface area (Å²) in [4.78, 5) is 15.6. The summed E-state index contributed by atoms with van der Waals surface area (Å²) in [5, 5.41) is 19.7. The summed E-state index contributed by atoms with van der Waals surface area (Å²) in [7, 11) is 0. The summed E-state index contributed by atoms with van der Waals surface area (Å²) in [5.74, 6) is -0.705. The first kappa shape index (κ1) is 14.6. The van der Waals surface area contributed by atoms with Gasteiger partial charge >= 0.3 is 5.97 Å². The zero-order valence-corrected chi connectivity index (χ0v) is 12.2. The third-order valence-corrected chi connectivity index (χ3v) is 3.99. The summed E-state index contributed by atoms with van der Waals surface area (Å²) >= 11 is 1.60. The summed E-state index contributed by atoms with van der Waals surface area (Å²) < 4.78 is 1.56. The molecule has 0 bridgehead atoms. The van der Waals surface area contributed by atoms with Gasteiger partial charge in [0.25, 0.3) is 0 Å². The molecule has 0 fully saturated rings. The van der Waals surface area contributed by atoms with Gasteiger partial charge in [-0.05, 0) is 6.54 Å². The molecule has 2 heterocycles. The average molecular weight is 295 g/mol. The maximum atomic E-state index is 11.1. The molecular formula is C12H17N5O2S. The van der Waals surface area contributed by atoms with Crippen LogP contribution in [0.1, 0.15) is 46.6 Å².